The number of morpholine rings is 1. The van der Waals surface area contributed by atoms with E-state index in [0.717, 1.165) is 30.9 Å². The molecular weight excluding hydrogens is 304 g/mol. The SMILES string of the molecule is COc1cccc(CC(C)NC(=O)CC2COCCN2)c1.Cl. The van der Waals surface area contributed by atoms with Gasteiger partial charge in [-0.15, -0.1) is 12.4 Å². The fraction of sp³-hybridized carbons (Fsp3) is 0.562. The number of hydrogen-bond donors (Lipinski definition) is 2. The van der Waals surface area contributed by atoms with Crippen LogP contribution < -0.4 is 15.4 Å². The van der Waals surface area contributed by atoms with Crippen molar-refractivity contribution in [3.63, 3.8) is 0 Å². The van der Waals surface area contributed by atoms with Crippen molar-refractivity contribution in [2.45, 2.75) is 31.8 Å². The molecule has 2 rings (SSSR count). The van der Waals surface area contributed by atoms with E-state index < -0.39 is 0 Å². The molecule has 1 aromatic rings. The van der Waals surface area contributed by atoms with Gasteiger partial charge in [0, 0.05) is 25.0 Å². The summed E-state index contributed by atoms with van der Waals surface area (Å²) in [6.45, 7) is 4.17. The van der Waals surface area contributed by atoms with Gasteiger partial charge in [-0.1, -0.05) is 12.1 Å². The average Bonchev–Trinajstić information content (AvgIpc) is 2.48. The topological polar surface area (TPSA) is 59.6 Å². The summed E-state index contributed by atoms with van der Waals surface area (Å²) in [7, 11) is 1.66. The van der Waals surface area contributed by atoms with Crippen LogP contribution in [0.15, 0.2) is 24.3 Å². The van der Waals surface area contributed by atoms with Gasteiger partial charge in [0.15, 0.2) is 0 Å². The van der Waals surface area contributed by atoms with Crippen LogP contribution in [0, 0.1) is 0 Å². The molecular formula is C16H25ClN2O3. The van der Waals surface area contributed by atoms with E-state index in [1.807, 2.05) is 31.2 Å². The normalized spacial score (nSPS) is 18.9. The Kier molecular flexibility index (Phi) is 8.24. The molecule has 0 spiro atoms. The lowest BCUT2D eigenvalue weighted by atomic mass is 10.1. The maximum Gasteiger partial charge on any atom is 0.221 e. The molecule has 0 saturated carbocycles. The number of ether oxygens (including phenoxy) is 2. The Bertz CT molecular complexity index is 464. The smallest absolute Gasteiger partial charge is 0.221 e. The van der Waals surface area contributed by atoms with E-state index in [9.17, 15) is 4.79 Å². The zero-order valence-corrected chi connectivity index (χ0v) is 13.9. The van der Waals surface area contributed by atoms with E-state index >= 15 is 0 Å². The van der Waals surface area contributed by atoms with Crippen LogP contribution in [0.4, 0.5) is 0 Å². The highest BCUT2D eigenvalue weighted by atomic mass is 35.5. The van der Waals surface area contributed by atoms with Gasteiger partial charge < -0.3 is 20.1 Å². The predicted molar refractivity (Wildman–Crippen MR) is 88.8 cm³/mol. The summed E-state index contributed by atoms with van der Waals surface area (Å²) in [4.78, 5) is 12.0. The van der Waals surface area contributed by atoms with Crippen LogP contribution in [0.5, 0.6) is 5.75 Å². The van der Waals surface area contributed by atoms with Gasteiger partial charge in [0.2, 0.25) is 5.91 Å². The molecule has 22 heavy (non-hydrogen) atoms. The number of carbonyl (C=O) groups excluding carboxylic acids is 1. The van der Waals surface area contributed by atoms with Gasteiger partial charge in [0.25, 0.3) is 0 Å². The van der Waals surface area contributed by atoms with Gasteiger partial charge in [0.05, 0.1) is 20.3 Å². The van der Waals surface area contributed by atoms with Crippen LogP contribution in [0.3, 0.4) is 0 Å². The first-order valence-corrected chi connectivity index (χ1v) is 7.41. The van der Waals surface area contributed by atoms with Crippen molar-refractivity contribution in [2.24, 2.45) is 0 Å². The Morgan fingerprint density at radius 3 is 3.05 bits per heavy atom. The number of hydrogen-bond acceptors (Lipinski definition) is 4. The maximum atomic E-state index is 12.0. The summed E-state index contributed by atoms with van der Waals surface area (Å²) < 4.78 is 10.6. The molecule has 2 atom stereocenters. The molecule has 0 bridgehead atoms. The molecule has 5 nitrogen and oxygen atoms in total. The maximum absolute atomic E-state index is 12.0. The minimum Gasteiger partial charge on any atom is -0.497 e. The number of halogens is 1. The van der Waals surface area contributed by atoms with Gasteiger partial charge >= 0.3 is 0 Å². The van der Waals surface area contributed by atoms with Crippen molar-refractivity contribution in [1.82, 2.24) is 10.6 Å². The van der Waals surface area contributed by atoms with Crippen molar-refractivity contribution in [3.05, 3.63) is 29.8 Å². The highest BCUT2D eigenvalue weighted by Gasteiger charge is 2.18. The quantitative estimate of drug-likeness (QED) is 0.831. The lowest BCUT2D eigenvalue weighted by Crippen LogP contribution is -2.45. The largest absolute Gasteiger partial charge is 0.497 e. The lowest BCUT2D eigenvalue weighted by molar-refractivity contribution is -0.122. The number of nitrogens with one attached hydrogen (secondary N) is 2. The third kappa shape index (κ3) is 6.22. The molecule has 1 heterocycles. The zero-order chi connectivity index (χ0) is 15.1. The van der Waals surface area contributed by atoms with Crippen LogP contribution in [-0.4, -0.2) is 44.9 Å². The van der Waals surface area contributed by atoms with Gasteiger partial charge in [-0.25, -0.2) is 0 Å². The monoisotopic (exact) mass is 328 g/mol. The van der Waals surface area contributed by atoms with Crippen molar-refractivity contribution >= 4 is 18.3 Å². The summed E-state index contributed by atoms with van der Waals surface area (Å²) in [5.74, 6) is 0.906. The van der Waals surface area contributed by atoms with Gasteiger partial charge in [-0.3, -0.25) is 4.79 Å². The molecule has 6 heteroatoms. The van der Waals surface area contributed by atoms with Crippen LogP contribution in [0.1, 0.15) is 18.9 Å². The lowest BCUT2D eigenvalue weighted by Gasteiger charge is -2.24. The zero-order valence-electron chi connectivity index (χ0n) is 13.1. The van der Waals surface area contributed by atoms with Gasteiger partial charge in [0.1, 0.15) is 5.75 Å². The van der Waals surface area contributed by atoms with E-state index in [-0.39, 0.29) is 30.4 Å². The predicted octanol–water partition coefficient (Wildman–Crippen LogP) is 1.54. The summed E-state index contributed by atoms with van der Waals surface area (Å²) in [5, 5.41) is 6.32. The second-order valence-corrected chi connectivity index (χ2v) is 5.45. The summed E-state index contributed by atoms with van der Waals surface area (Å²) >= 11 is 0. The molecule has 2 N–H and O–H groups in total. The van der Waals surface area contributed by atoms with E-state index in [1.54, 1.807) is 7.11 Å². The molecule has 0 radical (unpaired) electrons. The van der Waals surface area contributed by atoms with Crippen molar-refractivity contribution in [2.75, 3.05) is 26.9 Å². The van der Waals surface area contributed by atoms with Crippen molar-refractivity contribution < 1.29 is 14.3 Å². The Balaban J connectivity index is 0.00000242. The summed E-state index contributed by atoms with van der Waals surface area (Å²) in [6.07, 6.45) is 1.25. The first-order chi connectivity index (χ1) is 10.2. The third-order valence-electron chi connectivity index (χ3n) is 3.51. The van der Waals surface area contributed by atoms with Crippen molar-refractivity contribution in [1.29, 1.82) is 0 Å². The number of benzene rings is 1. The highest BCUT2D eigenvalue weighted by molar-refractivity contribution is 5.85. The first kappa shape index (κ1) is 18.7. The molecule has 124 valence electrons. The molecule has 1 saturated heterocycles. The summed E-state index contributed by atoms with van der Waals surface area (Å²) in [6, 6.07) is 8.14. The van der Waals surface area contributed by atoms with E-state index in [0.29, 0.717) is 13.0 Å². The molecule has 1 fully saturated rings. The van der Waals surface area contributed by atoms with E-state index in [2.05, 4.69) is 10.6 Å². The van der Waals surface area contributed by atoms with Gasteiger partial charge in [-0.05, 0) is 31.0 Å². The van der Waals surface area contributed by atoms with Crippen LogP contribution in [0.25, 0.3) is 0 Å². The first-order valence-electron chi connectivity index (χ1n) is 7.41. The second kappa shape index (κ2) is 9.66. The van der Waals surface area contributed by atoms with Crippen molar-refractivity contribution in [3.8, 4) is 5.75 Å². The third-order valence-corrected chi connectivity index (χ3v) is 3.51. The minimum absolute atomic E-state index is 0. The minimum atomic E-state index is 0. The molecule has 0 aromatic heterocycles. The number of amides is 1. The fourth-order valence-corrected chi connectivity index (χ4v) is 2.51. The molecule has 0 aliphatic carbocycles. The second-order valence-electron chi connectivity index (χ2n) is 5.45. The molecule has 1 amide bonds. The molecule has 1 aliphatic heterocycles. The standard InChI is InChI=1S/C16H24N2O3.ClH/c1-12(8-13-4-3-5-15(9-13)20-2)18-16(19)10-14-11-21-7-6-17-14;/h3-5,9,12,14,17H,6-8,10-11H2,1-2H3,(H,18,19);1H. The van der Waals surface area contributed by atoms with Gasteiger partial charge in [-0.2, -0.15) is 0 Å². The van der Waals surface area contributed by atoms with Crippen LogP contribution in [-0.2, 0) is 16.0 Å². The molecule has 1 aromatic carbocycles. The Labute approximate surface area is 138 Å². The van der Waals surface area contributed by atoms with Crippen LogP contribution in [0.2, 0.25) is 0 Å². The summed E-state index contributed by atoms with van der Waals surface area (Å²) in [5.41, 5.74) is 1.15. The average molecular weight is 329 g/mol. The van der Waals surface area contributed by atoms with E-state index in [4.69, 9.17) is 9.47 Å². The van der Waals surface area contributed by atoms with Crippen LogP contribution >= 0.6 is 12.4 Å². The number of carbonyl (C=O) groups is 1. The Morgan fingerprint density at radius 2 is 2.36 bits per heavy atom. The Hall–Kier alpha value is -1.30. The molecule has 2 unspecified atom stereocenters. The molecule has 1 aliphatic rings. The fourth-order valence-electron chi connectivity index (χ4n) is 2.51. The Morgan fingerprint density at radius 1 is 1.55 bits per heavy atom. The number of methoxy groups -OCH3 is 1. The number of rotatable bonds is 6. The van der Waals surface area contributed by atoms with E-state index in [1.165, 1.54) is 0 Å². The highest BCUT2D eigenvalue weighted by Crippen LogP contribution is 2.14.